The van der Waals surface area contributed by atoms with Gasteiger partial charge in [0.25, 0.3) is 0 Å². The fourth-order valence-corrected chi connectivity index (χ4v) is 2.88. The Bertz CT molecular complexity index is 309. The highest BCUT2D eigenvalue weighted by Gasteiger charge is 2.31. The van der Waals surface area contributed by atoms with Gasteiger partial charge in [0.05, 0.1) is 5.25 Å². The lowest BCUT2D eigenvalue weighted by Gasteiger charge is -2.34. The SMILES string of the molecule is CS(=O)(=O)C1CCN(C[B-](F)(F)F)CC1. The Kier molecular flexibility index (Phi) is 3.70. The predicted octanol–water partition coefficient (Wildman–Crippen LogP) is 0.882. The molecule has 1 heterocycles. The second kappa shape index (κ2) is 4.33. The van der Waals surface area contributed by atoms with Crippen LogP contribution in [0.1, 0.15) is 12.8 Å². The van der Waals surface area contributed by atoms with Crippen molar-refractivity contribution in [3.63, 3.8) is 0 Å². The molecular formula is C7H14BF3NO2S-. The smallest absolute Gasteiger partial charge is 0.448 e. The van der Waals surface area contributed by atoms with Gasteiger partial charge >= 0.3 is 6.98 Å². The van der Waals surface area contributed by atoms with Gasteiger partial charge in [-0.15, -0.1) is 0 Å². The lowest BCUT2D eigenvalue weighted by Crippen LogP contribution is -2.45. The number of nitrogens with zero attached hydrogens (tertiary/aromatic N) is 1. The van der Waals surface area contributed by atoms with Gasteiger partial charge in [-0.1, -0.05) is 0 Å². The summed E-state index contributed by atoms with van der Waals surface area (Å²) in [5.74, 6) is 0. The summed E-state index contributed by atoms with van der Waals surface area (Å²) in [5, 5.41) is -0.463. The van der Waals surface area contributed by atoms with Gasteiger partial charge in [-0.05, 0) is 32.4 Å². The third-order valence-corrected chi connectivity index (χ3v) is 4.29. The van der Waals surface area contributed by atoms with Gasteiger partial charge in [0.1, 0.15) is 9.84 Å². The molecule has 0 radical (unpaired) electrons. The minimum atomic E-state index is -4.80. The molecule has 1 fully saturated rings. The molecule has 1 rings (SSSR count). The van der Waals surface area contributed by atoms with E-state index in [1.807, 2.05) is 0 Å². The summed E-state index contributed by atoms with van der Waals surface area (Å²) >= 11 is 0. The van der Waals surface area contributed by atoms with Gasteiger partial charge < -0.3 is 17.8 Å². The molecule has 0 aliphatic carbocycles. The Morgan fingerprint density at radius 3 is 2.07 bits per heavy atom. The highest BCUT2D eigenvalue weighted by atomic mass is 32.2. The zero-order chi connectivity index (χ0) is 11.7. The van der Waals surface area contributed by atoms with E-state index in [2.05, 4.69) is 0 Å². The van der Waals surface area contributed by atoms with Crippen molar-refractivity contribution in [2.75, 3.05) is 25.8 Å². The number of hydrogen-bond donors (Lipinski definition) is 0. The zero-order valence-electron chi connectivity index (χ0n) is 8.50. The predicted molar refractivity (Wildman–Crippen MR) is 53.4 cm³/mol. The fraction of sp³-hybridized carbons (Fsp3) is 1.00. The maximum absolute atomic E-state index is 12.1. The average molecular weight is 244 g/mol. The van der Waals surface area contributed by atoms with Gasteiger partial charge in [-0.2, -0.15) is 0 Å². The van der Waals surface area contributed by atoms with Gasteiger partial charge in [0.2, 0.25) is 0 Å². The molecule has 3 nitrogen and oxygen atoms in total. The van der Waals surface area contributed by atoms with E-state index < -0.39 is 28.5 Å². The van der Waals surface area contributed by atoms with Crippen molar-refractivity contribution >= 4 is 16.8 Å². The average Bonchev–Trinajstić information content (AvgIpc) is 2.00. The van der Waals surface area contributed by atoms with E-state index >= 15 is 0 Å². The molecule has 8 heteroatoms. The number of piperidine rings is 1. The first kappa shape index (κ1) is 12.8. The van der Waals surface area contributed by atoms with E-state index in [0.29, 0.717) is 12.8 Å². The molecule has 0 unspecified atom stereocenters. The lowest BCUT2D eigenvalue weighted by atomic mass is 9.90. The van der Waals surface area contributed by atoms with Gasteiger partial charge in [0.15, 0.2) is 0 Å². The third kappa shape index (κ3) is 4.42. The number of halogens is 3. The van der Waals surface area contributed by atoms with Crippen molar-refractivity contribution in [1.29, 1.82) is 0 Å². The van der Waals surface area contributed by atoms with Crippen LogP contribution < -0.4 is 0 Å². The van der Waals surface area contributed by atoms with Gasteiger partial charge in [-0.25, -0.2) is 8.42 Å². The first-order chi connectivity index (χ1) is 6.68. The molecule has 0 aromatic heterocycles. The van der Waals surface area contributed by atoms with Crippen LogP contribution in [0.2, 0.25) is 0 Å². The second-order valence-electron chi connectivity index (χ2n) is 4.04. The van der Waals surface area contributed by atoms with Crippen LogP contribution in [0.25, 0.3) is 0 Å². The second-order valence-corrected chi connectivity index (χ2v) is 6.37. The molecule has 0 aromatic rings. The van der Waals surface area contributed by atoms with E-state index in [1.165, 1.54) is 4.90 Å². The molecule has 0 spiro atoms. The van der Waals surface area contributed by atoms with Crippen LogP contribution >= 0.6 is 0 Å². The van der Waals surface area contributed by atoms with Crippen LogP contribution in [0, 0.1) is 0 Å². The molecule has 0 atom stereocenters. The van der Waals surface area contributed by atoms with E-state index in [4.69, 9.17) is 0 Å². The van der Waals surface area contributed by atoms with Crippen molar-refractivity contribution in [3.05, 3.63) is 0 Å². The van der Waals surface area contributed by atoms with Gasteiger partial charge in [-0.3, -0.25) is 0 Å². The summed E-state index contributed by atoms with van der Waals surface area (Å²) in [5.41, 5.74) is 0. The highest BCUT2D eigenvalue weighted by molar-refractivity contribution is 7.91. The van der Waals surface area contributed by atoms with Gasteiger partial charge in [0, 0.05) is 6.26 Å². The molecule has 1 aliphatic rings. The number of rotatable bonds is 3. The van der Waals surface area contributed by atoms with Crippen molar-refractivity contribution < 1.29 is 21.4 Å². The first-order valence-electron chi connectivity index (χ1n) is 4.81. The van der Waals surface area contributed by atoms with E-state index in [1.54, 1.807) is 0 Å². The lowest BCUT2D eigenvalue weighted by molar-refractivity contribution is 0.237. The fourth-order valence-electron chi connectivity index (χ4n) is 1.81. The van der Waals surface area contributed by atoms with Crippen LogP contribution in [0.5, 0.6) is 0 Å². The van der Waals surface area contributed by atoms with Crippen molar-refractivity contribution in [2.45, 2.75) is 18.1 Å². The Morgan fingerprint density at radius 1 is 1.27 bits per heavy atom. The van der Waals surface area contributed by atoms with Crippen LogP contribution in [0.3, 0.4) is 0 Å². The van der Waals surface area contributed by atoms with Crippen LogP contribution in [0.4, 0.5) is 12.9 Å². The molecule has 1 aliphatic heterocycles. The van der Waals surface area contributed by atoms with Crippen molar-refractivity contribution in [2.24, 2.45) is 0 Å². The normalized spacial score (nSPS) is 21.9. The topological polar surface area (TPSA) is 37.4 Å². The summed E-state index contributed by atoms with van der Waals surface area (Å²) in [4.78, 5) is 1.28. The Hall–Kier alpha value is -0.235. The molecule has 0 bridgehead atoms. The summed E-state index contributed by atoms with van der Waals surface area (Å²) in [6.07, 6.45) is 0.882. The number of likely N-dealkylation sites (tertiary alicyclic amines) is 1. The van der Waals surface area contributed by atoms with Crippen LogP contribution in [-0.2, 0) is 9.84 Å². The van der Waals surface area contributed by atoms with Crippen molar-refractivity contribution in [1.82, 2.24) is 4.90 Å². The van der Waals surface area contributed by atoms with Crippen molar-refractivity contribution in [3.8, 4) is 0 Å². The van der Waals surface area contributed by atoms with Crippen LogP contribution in [-0.4, -0.2) is 51.3 Å². The number of hydrogen-bond acceptors (Lipinski definition) is 3. The van der Waals surface area contributed by atoms with Crippen LogP contribution in [0.15, 0.2) is 0 Å². The Morgan fingerprint density at radius 2 is 1.73 bits per heavy atom. The number of sulfone groups is 1. The Balaban J connectivity index is 2.43. The van der Waals surface area contributed by atoms with E-state index in [0.717, 1.165) is 6.26 Å². The molecule has 15 heavy (non-hydrogen) atoms. The molecule has 0 saturated carbocycles. The summed E-state index contributed by atoms with van der Waals surface area (Å²) in [6, 6.07) is 0. The highest BCUT2D eigenvalue weighted by Crippen LogP contribution is 2.19. The minimum Gasteiger partial charge on any atom is -0.448 e. The summed E-state index contributed by atoms with van der Waals surface area (Å²) in [6.45, 7) is -4.36. The molecule has 90 valence electrons. The van der Waals surface area contributed by atoms with E-state index in [-0.39, 0.29) is 13.1 Å². The summed E-state index contributed by atoms with van der Waals surface area (Å²) < 4.78 is 58.5. The molecule has 0 N–H and O–H groups in total. The molecule has 0 amide bonds. The molecule has 0 aromatic carbocycles. The molecule has 1 saturated heterocycles. The zero-order valence-corrected chi connectivity index (χ0v) is 9.31. The first-order valence-corrected chi connectivity index (χ1v) is 6.76. The van der Waals surface area contributed by atoms with E-state index in [9.17, 15) is 21.4 Å². The third-order valence-electron chi connectivity index (χ3n) is 2.61. The summed E-state index contributed by atoms with van der Waals surface area (Å²) in [7, 11) is -3.10. The largest absolute Gasteiger partial charge is 0.492 e. The molecular weight excluding hydrogens is 230 g/mol. The minimum absolute atomic E-state index is 0.221. The monoisotopic (exact) mass is 244 g/mol. The Labute approximate surface area is 87.6 Å². The maximum Gasteiger partial charge on any atom is 0.492 e. The quantitative estimate of drug-likeness (QED) is 0.691. The standard InChI is InChI=1S/C7H14BF3NO2S/c1-15(13,14)7-2-4-12(5-3-7)6-8(9,10)11/h7H,2-6H2,1H3/q-1. The maximum atomic E-state index is 12.1.